The first-order chi connectivity index (χ1) is 12.3. The van der Waals surface area contributed by atoms with Crippen LogP contribution in [0.5, 0.6) is 5.75 Å². The van der Waals surface area contributed by atoms with Gasteiger partial charge in [-0.05, 0) is 23.1 Å². The molecule has 0 spiro atoms. The van der Waals surface area contributed by atoms with Gasteiger partial charge in [-0.3, -0.25) is 14.9 Å². The van der Waals surface area contributed by atoms with Gasteiger partial charge in [0.25, 0.3) is 5.88 Å². The van der Waals surface area contributed by atoms with Gasteiger partial charge in [-0.25, -0.2) is 0 Å². The standard InChI is InChI=1S/C19H22N2O5/c1-19(2)9-13(22)16-14(10-19)26-18(20-3)17(21(23)24)15(16)11-5-7-12(25-4)8-6-11/h5-8,15,20H,9-10H2,1-4H3/t15-/m1/s1. The van der Waals surface area contributed by atoms with E-state index in [1.807, 2.05) is 13.8 Å². The van der Waals surface area contributed by atoms with Crippen LogP contribution in [-0.4, -0.2) is 24.9 Å². The zero-order valence-electron chi connectivity index (χ0n) is 15.3. The number of allylic oxidation sites excluding steroid dienone is 2. The highest BCUT2D eigenvalue weighted by atomic mass is 16.6. The second kappa shape index (κ2) is 6.48. The Morgan fingerprint density at radius 3 is 2.46 bits per heavy atom. The van der Waals surface area contributed by atoms with Gasteiger partial charge in [0.1, 0.15) is 17.4 Å². The number of hydrogen-bond donors (Lipinski definition) is 1. The van der Waals surface area contributed by atoms with Crippen LogP contribution >= 0.6 is 0 Å². The van der Waals surface area contributed by atoms with Crippen molar-refractivity contribution in [2.45, 2.75) is 32.6 Å². The molecule has 3 rings (SSSR count). The van der Waals surface area contributed by atoms with Crippen LogP contribution in [-0.2, 0) is 9.53 Å². The number of benzene rings is 1. The van der Waals surface area contributed by atoms with Crippen LogP contribution in [0, 0.1) is 15.5 Å². The third-order valence-electron chi connectivity index (χ3n) is 4.77. The lowest BCUT2D eigenvalue weighted by molar-refractivity contribution is -0.433. The van der Waals surface area contributed by atoms with Gasteiger partial charge in [0.15, 0.2) is 5.78 Å². The van der Waals surface area contributed by atoms with Crippen LogP contribution in [0.25, 0.3) is 0 Å². The molecule has 0 bridgehead atoms. The molecule has 0 fully saturated rings. The molecule has 0 saturated heterocycles. The summed E-state index contributed by atoms with van der Waals surface area (Å²) in [5, 5.41) is 14.6. The highest BCUT2D eigenvalue weighted by molar-refractivity contribution is 5.99. The summed E-state index contributed by atoms with van der Waals surface area (Å²) >= 11 is 0. The number of ether oxygens (including phenoxy) is 2. The van der Waals surface area contributed by atoms with Gasteiger partial charge in [0, 0.05) is 19.9 Å². The van der Waals surface area contributed by atoms with Crippen LogP contribution < -0.4 is 10.1 Å². The van der Waals surface area contributed by atoms with E-state index in [-0.39, 0.29) is 22.8 Å². The molecular weight excluding hydrogens is 336 g/mol. The predicted octanol–water partition coefficient (Wildman–Crippen LogP) is 3.12. The number of nitro groups is 1. The van der Waals surface area contributed by atoms with Crippen LogP contribution in [0.3, 0.4) is 0 Å². The summed E-state index contributed by atoms with van der Waals surface area (Å²) in [5.74, 6) is 0.367. The molecule has 1 aromatic carbocycles. The number of Topliss-reactive ketones (excluding diaryl/α,β-unsaturated/α-hetero) is 1. The molecule has 26 heavy (non-hydrogen) atoms. The smallest absolute Gasteiger partial charge is 0.317 e. The molecule has 7 nitrogen and oxygen atoms in total. The summed E-state index contributed by atoms with van der Waals surface area (Å²) in [5.41, 5.74) is 0.657. The maximum absolute atomic E-state index is 12.9. The first-order valence-electron chi connectivity index (χ1n) is 8.42. The molecule has 1 atom stereocenters. The Labute approximate surface area is 151 Å². The van der Waals surface area contributed by atoms with Crippen molar-refractivity contribution in [1.82, 2.24) is 5.32 Å². The number of nitrogens with zero attached hydrogens (tertiary/aromatic N) is 1. The second-order valence-electron chi connectivity index (χ2n) is 7.31. The SMILES string of the molecule is CNC1=C([N+](=O)[O-])[C@H](c2ccc(OC)cc2)C2=C(CC(C)(C)CC2=O)O1. The summed E-state index contributed by atoms with van der Waals surface area (Å²) in [7, 11) is 3.13. The Hall–Kier alpha value is -2.83. The highest BCUT2D eigenvalue weighted by Crippen LogP contribution is 2.48. The normalized spacial score (nSPS) is 21.8. The molecule has 1 N–H and O–H groups in total. The number of carbonyl (C=O) groups excluding carboxylic acids is 1. The van der Waals surface area contributed by atoms with Crippen LogP contribution in [0.15, 0.2) is 47.2 Å². The van der Waals surface area contributed by atoms with Gasteiger partial charge in [0.05, 0.1) is 17.6 Å². The minimum Gasteiger partial charge on any atom is -0.497 e. The third-order valence-corrected chi connectivity index (χ3v) is 4.77. The van der Waals surface area contributed by atoms with Gasteiger partial charge < -0.3 is 14.8 Å². The van der Waals surface area contributed by atoms with E-state index in [0.717, 1.165) is 0 Å². The number of methoxy groups -OCH3 is 1. The average molecular weight is 358 g/mol. The van der Waals surface area contributed by atoms with Crippen molar-refractivity contribution in [3.63, 3.8) is 0 Å². The Morgan fingerprint density at radius 2 is 1.92 bits per heavy atom. The largest absolute Gasteiger partial charge is 0.497 e. The second-order valence-corrected chi connectivity index (χ2v) is 7.31. The monoisotopic (exact) mass is 358 g/mol. The molecular formula is C19H22N2O5. The summed E-state index contributed by atoms with van der Waals surface area (Å²) in [6.07, 6.45) is 0.888. The number of ketones is 1. The van der Waals surface area contributed by atoms with Crippen molar-refractivity contribution in [3.05, 3.63) is 62.9 Å². The number of hydrogen-bond acceptors (Lipinski definition) is 6. The number of rotatable bonds is 4. The Morgan fingerprint density at radius 1 is 1.27 bits per heavy atom. The average Bonchev–Trinajstić information content (AvgIpc) is 2.58. The van der Waals surface area contributed by atoms with Crippen LogP contribution in [0.2, 0.25) is 0 Å². The predicted molar refractivity (Wildman–Crippen MR) is 94.9 cm³/mol. The molecule has 0 unspecified atom stereocenters. The lowest BCUT2D eigenvalue weighted by atomic mass is 9.71. The van der Waals surface area contributed by atoms with Gasteiger partial charge in [-0.2, -0.15) is 0 Å². The summed E-state index contributed by atoms with van der Waals surface area (Å²) in [4.78, 5) is 24.2. The zero-order chi connectivity index (χ0) is 19.1. The van der Waals surface area contributed by atoms with E-state index in [0.29, 0.717) is 35.5 Å². The van der Waals surface area contributed by atoms with Gasteiger partial charge in [0.2, 0.25) is 0 Å². The molecule has 0 aromatic heterocycles. The molecule has 7 heteroatoms. The Kier molecular flexibility index (Phi) is 4.48. The molecule has 0 saturated carbocycles. The first kappa shape index (κ1) is 18.0. The molecule has 2 aliphatic rings. The Balaban J connectivity index is 2.19. The third kappa shape index (κ3) is 3.05. The van der Waals surface area contributed by atoms with Gasteiger partial charge in [-0.15, -0.1) is 0 Å². The number of carbonyl (C=O) groups is 1. The van der Waals surface area contributed by atoms with Crippen molar-refractivity contribution in [3.8, 4) is 5.75 Å². The maximum atomic E-state index is 12.9. The van der Waals surface area contributed by atoms with E-state index in [1.54, 1.807) is 38.4 Å². The molecule has 138 valence electrons. The van der Waals surface area contributed by atoms with Gasteiger partial charge >= 0.3 is 5.70 Å². The van der Waals surface area contributed by atoms with Gasteiger partial charge in [-0.1, -0.05) is 26.0 Å². The van der Waals surface area contributed by atoms with E-state index in [1.165, 1.54) is 0 Å². The lowest BCUT2D eigenvalue weighted by Crippen LogP contribution is -2.35. The van der Waals surface area contributed by atoms with Crippen LogP contribution in [0.1, 0.15) is 38.2 Å². The van der Waals surface area contributed by atoms with Crippen LogP contribution in [0.4, 0.5) is 0 Å². The van der Waals surface area contributed by atoms with Crippen molar-refractivity contribution in [2.75, 3.05) is 14.2 Å². The fourth-order valence-corrected chi connectivity index (χ4v) is 3.62. The lowest BCUT2D eigenvalue weighted by Gasteiger charge is -2.36. The zero-order valence-corrected chi connectivity index (χ0v) is 15.3. The van der Waals surface area contributed by atoms with Crippen molar-refractivity contribution in [2.24, 2.45) is 5.41 Å². The topological polar surface area (TPSA) is 90.7 Å². The summed E-state index contributed by atoms with van der Waals surface area (Å²) < 4.78 is 10.9. The molecule has 1 aromatic rings. The minimum atomic E-state index is -0.772. The summed E-state index contributed by atoms with van der Waals surface area (Å²) in [6.45, 7) is 3.98. The van der Waals surface area contributed by atoms with Crippen molar-refractivity contribution >= 4 is 5.78 Å². The molecule has 1 aliphatic carbocycles. The summed E-state index contributed by atoms with van der Waals surface area (Å²) in [6, 6.07) is 6.98. The quantitative estimate of drug-likeness (QED) is 0.657. The first-order valence-corrected chi connectivity index (χ1v) is 8.42. The fourth-order valence-electron chi connectivity index (χ4n) is 3.62. The highest BCUT2D eigenvalue weighted by Gasteiger charge is 2.47. The maximum Gasteiger partial charge on any atom is 0.317 e. The van der Waals surface area contributed by atoms with E-state index < -0.39 is 10.8 Å². The van der Waals surface area contributed by atoms with E-state index >= 15 is 0 Å². The fraction of sp³-hybridized carbons (Fsp3) is 0.421. The molecule has 0 radical (unpaired) electrons. The molecule has 1 heterocycles. The Bertz CT molecular complexity index is 821. The van der Waals surface area contributed by atoms with E-state index in [9.17, 15) is 14.9 Å². The number of nitrogens with one attached hydrogen (secondary N) is 1. The molecule has 0 amide bonds. The van der Waals surface area contributed by atoms with Crippen molar-refractivity contribution < 1.29 is 19.2 Å². The minimum absolute atomic E-state index is 0.0834. The molecule has 1 aliphatic heterocycles. The van der Waals surface area contributed by atoms with Crippen molar-refractivity contribution in [1.29, 1.82) is 0 Å². The van der Waals surface area contributed by atoms with E-state index in [4.69, 9.17) is 9.47 Å². The van der Waals surface area contributed by atoms with E-state index in [2.05, 4.69) is 5.32 Å².